The molecule has 0 aliphatic heterocycles. The summed E-state index contributed by atoms with van der Waals surface area (Å²) in [6, 6.07) is 14.1. The highest BCUT2D eigenvalue weighted by atomic mass is 16.5. The van der Waals surface area contributed by atoms with E-state index >= 15 is 0 Å². The van der Waals surface area contributed by atoms with Crippen LogP contribution in [-0.4, -0.2) is 44.1 Å². The van der Waals surface area contributed by atoms with Crippen molar-refractivity contribution in [3.63, 3.8) is 0 Å². The third-order valence-electron chi connectivity index (χ3n) is 3.56. The molecule has 0 fully saturated rings. The minimum absolute atomic E-state index is 0.0764. The normalized spacial score (nSPS) is 11.9. The van der Waals surface area contributed by atoms with Crippen LogP contribution in [0.3, 0.4) is 0 Å². The number of hydrogen-bond donors (Lipinski definition) is 3. The van der Waals surface area contributed by atoms with Gasteiger partial charge in [0.1, 0.15) is 12.4 Å². The maximum absolute atomic E-state index is 11.8. The Morgan fingerprint density at radius 3 is 2.54 bits per heavy atom. The smallest absolute Gasteiger partial charge is 0.239 e. The molecule has 26 heavy (non-hydrogen) atoms. The van der Waals surface area contributed by atoms with Crippen molar-refractivity contribution in [1.29, 1.82) is 0 Å². The van der Waals surface area contributed by atoms with E-state index in [9.17, 15) is 4.79 Å². The Bertz CT molecular complexity index is 760. The molecule has 2 aromatic rings. The van der Waals surface area contributed by atoms with Crippen LogP contribution in [0.15, 0.2) is 47.5 Å². The van der Waals surface area contributed by atoms with Crippen molar-refractivity contribution < 1.29 is 9.53 Å². The molecule has 0 bridgehead atoms. The van der Waals surface area contributed by atoms with Crippen LogP contribution >= 0.6 is 0 Å². The molecule has 0 saturated carbocycles. The molecule has 140 valence electrons. The molecule has 3 N–H and O–H groups in total. The molecule has 0 aliphatic carbocycles. The Morgan fingerprint density at radius 1 is 1.08 bits per heavy atom. The minimum atomic E-state index is -0.248. The lowest BCUT2D eigenvalue weighted by atomic mass is 10.1. The van der Waals surface area contributed by atoms with Gasteiger partial charge < -0.3 is 20.7 Å². The van der Waals surface area contributed by atoms with Crippen LogP contribution in [0.2, 0.25) is 0 Å². The molecule has 0 spiro atoms. The van der Waals surface area contributed by atoms with Crippen LogP contribution < -0.4 is 20.7 Å². The number of carbonyl (C=O) groups excluding carboxylic acids is 1. The maximum atomic E-state index is 11.8. The minimum Gasteiger partial charge on any atom is -0.491 e. The molecule has 6 nitrogen and oxygen atoms in total. The van der Waals surface area contributed by atoms with E-state index in [1.165, 1.54) is 0 Å². The highest BCUT2D eigenvalue weighted by Crippen LogP contribution is 2.24. The second-order valence-corrected chi connectivity index (χ2v) is 6.98. The molecular formula is C20H28N4O2. The average molecular weight is 356 g/mol. The zero-order chi connectivity index (χ0) is 19.0. The van der Waals surface area contributed by atoms with Gasteiger partial charge in [0, 0.05) is 18.0 Å². The quantitative estimate of drug-likeness (QED) is 0.422. The van der Waals surface area contributed by atoms with Crippen molar-refractivity contribution in [3.8, 4) is 5.75 Å². The summed E-state index contributed by atoms with van der Waals surface area (Å²) in [5.74, 6) is 1.35. The van der Waals surface area contributed by atoms with E-state index in [-0.39, 0.29) is 18.0 Å². The number of nitrogens with zero attached hydrogens (tertiary/aromatic N) is 1. The van der Waals surface area contributed by atoms with E-state index in [1.807, 2.05) is 51.1 Å². The SMILES string of the molecule is CN=C(NCCOc1cccc2ccccc12)NCC(=O)NC(C)(C)C. The van der Waals surface area contributed by atoms with Crippen molar-refractivity contribution in [1.82, 2.24) is 16.0 Å². The summed E-state index contributed by atoms with van der Waals surface area (Å²) >= 11 is 0. The lowest BCUT2D eigenvalue weighted by Crippen LogP contribution is -2.48. The number of fused-ring (bicyclic) bond motifs is 1. The first kappa shape index (κ1) is 19.6. The zero-order valence-corrected chi connectivity index (χ0v) is 15.9. The van der Waals surface area contributed by atoms with Crippen molar-refractivity contribution >= 4 is 22.6 Å². The predicted molar refractivity (Wildman–Crippen MR) is 107 cm³/mol. The van der Waals surface area contributed by atoms with E-state index in [2.05, 4.69) is 33.1 Å². The summed E-state index contributed by atoms with van der Waals surface area (Å²) in [6.07, 6.45) is 0. The summed E-state index contributed by atoms with van der Waals surface area (Å²) in [7, 11) is 1.67. The van der Waals surface area contributed by atoms with Gasteiger partial charge in [0.25, 0.3) is 0 Å². The van der Waals surface area contributed by atoms with Crippen LogP contribution in [0.5, 0.6) is 5.75 Å². The Hall–Kier alpha value is -2.76. The lowest BCUT2D eigenvalue weighted by molar-refractivity contribution is -0.121. The number of nitrogens with one attached hydrogen (secondary N) is 3. The van der Waals surface area contributed by atoms with Crippen molar-refractivity contribution in [2.45, 2.75) is 26.3 Å². The summed E-state index contributed by atoms with van der Waals surface area (Å²) < 4.78 is 5.88. The standard InChI is InChI=1S/C20H28N4O2/c1-20(2,3)24-18(25)14-23-19(21-4)22-12-13-26-17-11-7-9-15-8-5-6-10-16(15)17/h5-11H,12-14H2,1-4H3,(H,24,25)(H2,21,22,23). The van der Waals surface area contributed by atoms with E-state index < -0.39 is 0 Å². The van der Waals surface area contributed by atoms with E-state index in [0.717, 1.165) is 16.5 Å². The lowest BCUT2D eigenvalue weighted by Gasteiger charge is -2.21. The third-order valence-corrected chi connectivity index (χ3v) is 3.56. The first-order chi connectivity index (χ1) is 12.4. The van der Waals surface area contributed by atoms with Gasteiger partial charge in [-0.3, -0.25) is 9.79 Å². The molecule has 2 rings (SSSR count). The largest absolute Gasteiger partial charge is 0.491 e. The summed E-state index contributed by atoms with van der Waals surface area (Å²) in [4.78, 5) is 15.9. The van der Waals surface area contributed by atoms with Gasteiger partial charge in [-0.1, -0.05) is 36.4 Å². The van der Waals surface area contributed by atoms with E-state index in [0.29, 0.717) is 19.1 Å². The Kier molecular flexibility index (Phi) is 6.83. The molecule has 6 heteroatoms. The van der Waals surface area contributed by atoms with Crippen molar-refractivity contribution in [3.05, 3.63) is 42.5 Å². The number of hydrogen-bond acceptors (Lipinski definition) is 3. The molecule has 1 amide bonds. The van der Waals surface area contributed by atoms with Crippen LogP contribution in [0.4, 0.5) is 0 Å². The number of benzene rings is 2. The molecule has 0 atom stereocenters. The van der Waals surface area contributed by atoms with Crippen LogP contribution in [-0.2, 0) is 4.79 Å². The molecular weight excluding hydrogens is 328 g/mol. The number of ether oxygens (including phenoxy) is 1. The van der Waals surface area contributed by atoms with Crippen molar-refractivity contribution in [2.75, 3.05) is 26.7 Å². The summed E-state index contributed by atoms with van der Waals surface area (Å²) in [5, 5.41) is 11.3. The van der Waals surface area contributed by atoms with Crippen LogP contribution in [0.1, 0.15) is 20.8 Å². The van der Waals surface area contributed by atoms with Gasteiger partial charge in [0.2, 0.25) is 5.91 Å². The fourth-order valence-corrected chi connectivity index (χ4v) is 2.50. The van der Waals surface area contributed by atoms with Gasteiger partial charge in [-0.25, -0.2) is 0 Å². The molecule has 0 unspecified atom stereocenters. The molecule has 0 radical (unpaired) electrons. The van der Waals surface area contributed by atoms with Crippen LogP contribution in [0.25, 0.3) is 10.8 Å². The van der Waals surface area contributed by atoms with Gasteiger partial charge in [-0.15, -0.1) is 0 Å². The second kappa shape index (κ2) is 9.08. The third kappa shape index (κ3) is 6.27. The number of guanidine groups is 1. The average Bonchev–Trinajstić information content (AvgIpc) is 2.59. The Morgan fingerprint density at radius 2 is 1.81 bits per heavy atom. The Balaban J connectivity index is 1.76. The zero-order valence-electron chi connectivity index (χ0n) is 15.9. The maximum Gasteiger partial charge on any atom is 0.239 e. The van der Waals surface area contributed by atoms with Crippen molar-refractivity contribution in [2.24, 2.45) is 4.99 Å². The molecule has 0 aromatic heterocycles. The van der Waals surface area contributed by atoms with E-state index in [4.69, 9.17) is 4.74 Å². The van der Waals surface area contributed by atoms with Gasteiger partial charge in [0.15, 0.2) is 5.96 Å². The molecule has 0 heterocycles. The summed E-state index contributed by atoms with van der Waals surface area (Å²) in [6.45, 7) is 7.07. The molecule has 2 aromatic carbocycles. The highest BCUT2D eigenvalue weighted by Gasteiger charge is 2.13. The number of rotatable bonds is 6. The molecule has 0 saturated heterocycles. The fourth-order valence-electron chi connectivity index (χ4n) is 2.50. The topological polar surface area (TPSA) is 74.8 Å². The first-order valence-corrected chi connectivity index (χ1v) is 8.75. The van der Waals surface area contributed by atoms with Gasteiger partial charge >= 0.3 is 0 Å². The van der Waals surface area contributed by atoms with Crippen LogP contribution in [0, 0.1) is 0 Å². The summed E-state index contributed by atoms with van der Waals surface area (Å²) in [5.41, 5.74) is -0.248. The fraction of sp³-hybridized carbons (Fsp3) is 0.400. The number of carbonyl (C=O) groups is 1. The second-order valence-electron chi connectivity index (χ2n) is 6.98. The predicted octanol–water partition coefficient (Wildman–Crippen LogP) is 2.30. The van der Waals surface area contributed by atoms with Gasteiger partial charge in [-0.2, -0.15) is 0 Å². The highest BCUT2D eigenvalue weighted by molar-refractivity contribution is 5.88. The van der Waals surface area contributed by atoms with E-state index in [1.54, 1.807) is 7.05 Å². The monoisotopic (exact) mass is 356 g/mol. The number of amides is 1. The van der Waals surface area contributed by atoms with Gasteiger partial charge in [0.05, 0.1) is 13.1 Å². The first-order valence-electron chi connectivity index (χ1n) is 8.75. The Labute approximate surface area is 155 Å². The molecule has 0 aliphatic rings. The van der Waals surface area contributed by atoms with Gasteiger partial charge in [-0.05, 0) is 32.2 Å². The number of aliphatic imine (C=N–C) groups is 1.